The molecule has 3 rings (SSSR count). The zero-order valence-corrected chi connectivity index (χ0v) is 18.0. The SMILES string of the molecule is CCn1cc(CN2CCC(C(=O)NC(C)(C)CC)CC2)c2cc(OC)ccc21. The lowest BCUT2D eigenvalue weighted by Crippen LogP contribution is -2.48. The average molecular weight is 386 g/mol. The molecule has 1 aliphatic heterocycles. The Morgan fingerprint density at radius 2 is 1.96 bits per heavy atom. The van der Waals surface area contributed by atoms with E-state index in [0.717, 1.165) is 51.2 Å². The van der Waals surface area contributed by atoms with E-state index in [1.807, 2.05) is 6.07 Å². The second kappa shape index (κ2) is 8.56. The Hall–Kier alpha value is -2.01. The quantitative estimate of drug-likeness (QED) is 0.777. The van der Waals surface area contributed by atoms with Crippen molar-refractivity contribution in [1.29, 1.82) is 0 Å². The van der Waals surface area contributed by atoms with Gasteiger partial charge in [0.25, 0.3) is 0 Å². The number of methoxy groups -OCH3 is 1. The number of ether oxygens (including phenoxy) is 1. The van der Waals surface area contributed by atoms with Gasteiger partial charge in [-0.3, -0.25) is 9.69 Å². The topological polar surface area (TPSA) is 46.5 Å². The monoisotopic (exact) mass is 385 g/mol. The summed E-state index contributed by atoms with van der Waals surface area (Å²) in [5.74, 6) is 1.26. The maximum Gasteiger partial charge on any atom is 0.223 e. The molecule has 0 radical (unpaired) electrons. The van der Waals surface area contributed by atoms with Crippen LogP contribution >= 0.6 is 0 Å². The van der Waals surface area contributed by atoms with E-state index in [1.165, 1.54) is 16.5 Å². The number of aromatic nitrogens is 1. The molecule has 1 N–H and O–H groups in total. The summed E-state index contributed by atoms with van der Waals surface area (Å²) in [5, 5.41) is 4.48. The van der Waals surface area contributed by atoms with Crippen LogP contribution in [0.25, 0.3) is 10.9 Å². The highest BCUT2D eigenvalue weighted by Crippen LogP contribution is 2.28. The summed E-state index contributed by atoms with van der Waals surface area (Å²) in [6, 6.07) is 6.32. The van der Waals surface area contributed by atoms with Gasteiger partial charge in [0, 0.05) is 41.6 Å². The van der Waals surface area contributed by atoms with Crippen LogP contribution in [0.5, 0.6) is 5.75 Å². The normalized spacial score (nSPS) is 16.5. The number of benzene rings is 1. The van der Waals surface area contributed by atoms with Crippen LogP contribution < -0.4 is 10.1 Å². The average Bonchev–Trinajstić information content (AvgIpc) is 3.05. The molecule has 154 valence electrons. The number of rotatable bonds is 7. The molecule has 0 spiro atoms. The number of carbonyl (C=O) groups excluding carboxylic acids is 1. The molecule has 0 unspecified atom stereocenters. The zero-order chi connectivity index (χ0) is 20.3. The molecule has 1 aromatic heterocycles. The maximum absolute atomic E-state index is 12.6. The van der Waals surface area contributed by atoms with Gasteiger partial charge in [-0.2, -0.15) is 0 Å². The van der Waals surface area contributed by atoms with Crippen LogP contribution in [0.3, 0.4) is 0 Å². The molecule has 1 saturated heterocycles. The number of aryl methyl sites for hydroxylation is 1. The summed E-state index contributed by atoms with van der Waals surface area (Å²) in [7, 11) is 1.72. The Morgan fingerprint density at radius 1 is 1.25 bits per heavy atom. The van der Waals surface area contributed by atoms with E-state index in [0.29, 0.717) is 0 Å². The van der Waals surface area contributed by atoms with E-state index in [2.05, 4.69) is 60.8 Å². The van der Waals surface area contributed by atoms with E-state index < -0.39 is 0 Å². The number of nitrogens with zero attached hydrogens (tertiary/aromatic N) is 2. The molecular weight excluding hydrogens is 350 g/mol. The first-order chi connectivity index (χ1) is 13.4. The number of hydrogen-bond acceptors (Lipinski definition) is 3. The van der Waals surface area contributed by atoms with Crippen LogP contribution in [0.15, 0.2) is 24.4 Å². The molecule has 2 aromatic rings. The summed E-state index contributed by atoms with van der Waals surface area (Å²) in [6.07, 6.45) is 5.08. The molecule has 1 aromatic carbocycles. The van der Waals surface area contributed by atoms with E-state index in [-0.39, 0.29) is 17.4 Å². The Morgan fingerprint density at radius 3 is 2.57 bits per heavy atom. The highest BCUT2D eigenvalue weighted by molar-refractivity contribution is 5.85. The Balaban J connectivity index is 1.65. The molecule has 28 heavy (non-hydrogen) atoms. The fourth-order valence-corrected chi connectivity index (χ4v) is 3.98. The van der Waals surface area contributed by atoms with Gasteiger partial charge in [0.05, 0.1) is 7.11 Å². The number of carbonyl (C=O) groups is 1. The Labute approximate surface area is 169 Å². The van der Waals surface area contributed by atoms with Gasteiger partial charge in [-0.25, -0.2) is 0 Å². The molecule has 2 heterocycles. The second-order valence-corrected chi connectivity index (χ2v) is 8.60. The minimum Gasteiger partial charge on any atom is -0.497 e. The molecule has 0 saturated carbocycles. The minimum atomic E-state index is -0.116. The van der Waals surface area contributed by atoms with Crippen LogP contribution in [0.2, 0.25) is 0 Å². The summed E-state index contributed by atoms with van der Waals surface area (Å²) < 4.78 is 7.73. The zero-order valence-electron chi connectivity index (χ0n) is 18.0. The van der Waals surface area contributed by atoms with Crippen LogP contribution in [-0.4, -0.2) is 41.1 Å². The number of amides is 1. The molecule has 1 fully saturated rings. The van der Waals surface area contributed by atoms with Gasteiger partial charge in [-0.05, 0) is 76.9 Å². The Kier molecular flexibility index (Phi) is 6.33. The van der Waals surface area contributed by atoms with E-state index >= 15 is 0 Å². The number of piperidine rings is 1. The highest BCUT2D eigenvalue weighted by atomic mass is 16.5. The van der Waals surface area contributed by atoms with Gasteiger partial charge in [0.15, 0.2) is 0 Å². The van der Waals surface area contributed by atoms with Gasteiger partial charge in [0.2, 0.25) is 5.91 Å². The standard InChI is InChI=1S/C23H35N3O2/c1-6-23(3,4)24-22(27)17-10-12-25(13-11-17)15-18-16-26(7-2)21-9-8-19(28-5)14-20(18)21/h8-9,14,16-17H,6-7,10-13,15H2,1-5H3,(H,24,27). The fraction of sp³-hybridized carbons (Fsp3) is 0.609. The van der Waals surface area contributed by atoms with Crippen LogP contribution in [0, 0.1) is 5.92 Å². The first-order valence-corrected chi connectivity index (χ1v) is 10.6. The van der Waals surface area contributed by atoms with Crippen molar-refractivity contribution in [2.24, 2.45) is 5.92 Å². The van der Waals surface area contributed by atoms with E-state index in [1.54, 1.807) is 7.11 Å². The lowest BCUT2D eigenvalue weighted by molar-refractivity contribution is -0.128. The van der Waals surface area contributed by atoms with Crippen molar-refractivity contribution in [3.05, 3.63) is 30.0 Å². The van der Waals surface area contributed by atoms with Crippen molar-refractivity contribution >= 4 is 16.8 Å². The lowest BCUT2D eigenvalue weighted by Gasteiger charge is -2.33. The minimum absolute atomic E-state index is 0.116. The summed E-state index contributed by atoms with van der Waals surface area (Å²) in [5.41, 5.74) is 2.48. The summed E-state index contributed by atoms with van der Waals surface area (Å²) in [6.45, 7) is 12.3. The first kappa shape index (κ1) is 20.7. The number of likely N-dealkylation sites (tertiary alicyclic amines) is 1. The maximum atomic E-state index is 12.6. The summed E-state index contributed by atoms with van der Waals surface area (Å²) in [4.78, 5) is 15.1. The van der Waals surface area contributed by atoms with Gasteiger partial charge in [-0.1, -0.05) is 6.92 Å². The fourth-order valence-electron chi connectivity index (χ4n) is 3.98. The molecule has 5 nitrogen and oxygen atoms in total. The van der Waals surface area contributed by atoms with Gasteiger partial charge in [-0.15, -0.1) is 0 Å². The summed E-state index contributed by atoms with van der Waals surface area (Å²) >= 11 is 0. The molecule has 0 bridgehead atoms. The van der Waals surface area contributed by atoms with Crippen molar-refractivity contribution in [1.82, 2.24) is 14.8 Å². The second-order valence-electron chi connectivity index (χ2n) is 8.60. The number of nitrogens with one attached hydrogen (secondary N) is 1. The molecule has 1 aliphatic rings. The molecule has 5 heteroatoms. The third kappa shape index (κ3) is 4.52. The van der Waals surface area contributed by atoms with E-state index in [9.17, 15) is 4.79 Å². The van der Waals surface area contributed by atoms with Crippen molar-refractivity contribution in [3.63, 3.8) is 0 Å². The Bertz CT molecular complexity index is 817. The molecule has 1 amide bonds. The number of fused-ring (bicyclic) bond motifs is 1. The van der Waals surface area contributed by atoms with Crippen LogP contribution in [-0.2, 0) is 17.9 Å². The van der Waals surface area contributed by atoms with Crippen molar-refractivity contribution in [2.45, 2.75) is 65.6 Å². The predicted molar refractivity (Wildman–Crippen MR) is 115 cm³/mol. The van der Waals surface area contributed by atoms with Crippen LogP contribution in [0.1, 0.15) is 52.5 Å². The molecule has 0 aliphatic carbocycles. The predicted octanol–water partition coefficient (Wildman–Crippen LogP) is 4.19. The van der Waals surface area contributed by atoms with Gasteiger partial charge >= 0.3 is 0 Å². The van der Waals surface area contributed by atoms with Crippen molar-refractivity contribution in [3.8, 4) is 5.75 Å². The third-order valence-electron chi connectivity index (χ3n) is 6.21. The van der Waals surface area contributed by atoms with Gasteiger partial charge in [0.1, 0.15) is 5.75 Å². The smallest absolute Gasteiger partial charge is 0.223 e. The molecule has 0 atom stereocenters. The lowest BCUT2D eigenvalue weighted by atomic mass is 9.93. The van der Waals surface area contributed by atoms with Crippen LogP contribution in [0.4, 0.5) is 0 Å². The third-order valence-corrected chi connectivity index (χ3v) is 6.21. The highest BCUT2D eigenvalue weighted by Gasteiger charge is 2.28. The first-order valence-electron chi connectivity index (χ1n) is 10.6. The largest absolute Gasteiger partial charge is 0.497 e. The van der Waals surface area contributed by atoms with Crippen molar-refractivity contribution < 1.29 is 9.53 Å². The number of hydrogen-bond donors (Lipinski definition) is 1. The molecular formula is C23H35N3O2. The van der Waals surface area contributed by atoms with Gasteiger partial charge < -0.3 is 14.6 Å². The van der Waals surface area contributed by atoms with E-state index in [4.69, 9.17) is 4.74 Å². The van der Waals surface area contributed by atoms with Crippen molar-refractivity contribution in [2.75, 3.05) is 20.2 Å².